The number of benzene rings is 2. The van der Waals surface area contributed by atoms with Crippen molar-refractivity contribution in [2.45, 2.75) is 23.3 Å². The molecule has 1 aromatic heterocycles. The fraction of sp³-hybridized carbons (Fsp3) is 0.235. The van der Waals surface area contributed by atoms with Gasteiger partial charge in [0.25, 0.3) is 0 Å². The number of sulfonamides is 1. The number of rotatable bonds is 4. The molecule has 7 heteroatoms. The zero-order chi connectivity index (χ0) is 16.9. The van der Waals surface area contributed by atoms with Crippen molar-refractivity contribution >= 4 is 31.6 Å². The van der Waals surface area contributed by atoms with Crippen molar-refractivity contribution in [3.05, 3.63) is 63.8 Å². The highest BCUT2D eigenvalue weighted by Crippen LogP contribution is 2.41. The monoisotopic (exact) mass is 360 g/mol. The van der Waals surface area contributed by atoms with Crippen LogP contribution in [-0.2, 0) is 17.1 Å². The Labute approximate surface area is 143 Å². The van der Waals surface area contributed by atoms with Gasteiger partial charge in [0, 0.05) is 19.0 Å². The van der Waals surface area contributed by atoms with Gasteiger partial charge < -0.3 is 4.57 Å². The van der Waals surface area contributed by atoms with E-state index in [1.165, 1.54) is 4.57 Å². The molecule has 5 nitrogen and oxygen atoms in total. The van der Waals surface area contributed by atoms with E-state index in [1.807, 2.05) is 30.3 Å². The van der Waals surface area contributed by atoms with E-state index in [9.17, 15) is 13.2 Å². The van der Waals surface area contributed by atoms with Gasteiger partial charge in [-0.15, -0.1) is 0 Å². The summed E-state index contributed by atoms with van der Waals surface area (Å²) < 4.78 is 30.2. The lowest BCUT2D eigenvalue weighted by Crippen LogP contribution is -2.26. The van der Waals surface area contributed by atoms with E-state index in [-0.39, 0.29) is 21.7 Å². The summed E-state index contributed by atoms with van der Waals surface area (Å²) in [6.07, 6.45) is 0.810. The number of aromatic nitrogens is 1. The molecule has 0 amide bonds. The van der Waals surface area contributed by atoms with Gasteiger partial charge >= 0.3 is 4.87 Å². The summed E-state index contributed by atoms with van der Waals surface area (Å²) in [4.78, 5) is 11.8. The number of nitrogens with one attached hydrogen (secondary N) is 1. The van der Waals surface area contributed by atoms with Crippen molar-refractivity contribution in [1.29, 1.82) is 0 Å². The van der Waals surface area contributed by atoms with Crippen LogP contribution in [0.15, 0.2) is 58.2 Å². The number of fused-ring (bicyclic) bond motifs is 1. The van der Waals surface area contributed by atoms with Gasteiger partial charge in [-0.05, 0) is 30.2 Å². The lowest BCUT2D eigenvalue weighted by atomic mass is 10.1. The number of aryl methyl sites for hydroxylation is 1. The molecule has 124 valence electrons. The van der Waals surface area contributed by atoms with Gasteiger partial charge in [0.15, 0.2) is 0 Å². The summed E-state index contributed by atoms with van der Waals surface area (Å²) in [5.74, 6) is 0.234. The van der Waals surface area contributed by atoms with Gasteiger partial charge in [-0.25, -0.2) is 13.1 Å². The summed E-state index contributed by atoms with van der Waals surface area (Å²) >= 11 is 1.06. The smallest absolute Gasteiger partial charge is 0.302 e. The zero-order valence-electron chi connectivity index (χ0n) is 13.0. The molecular weight excluding hydrogens is 344 g/mol. The van der Waals surface area contributed by atoms with Gasteiger partial charge in [-0.1, -0.05) is 41.7 Å². The maximum Gasteiger partial charge on any atom is 0.307 e. The van der Waals surface area contributed by atoms with Crippen LogP contribution in [0.3, 0.4) is 0 Å². The van der Waals surface area contributed by atoms with Gasteiger partial charge in [0.05, 0.1) is 15.1 Å². The fourth-order valence-corrected chi connectivity index (χ4v) is 5.25. The second-order valence-electron chi connectivity index (χ2n) is 6.04. The molecular formula is C17H16N2O3S2. The Kier molecular flexibility index (Phi) is 3.59. The Morgan fingerprint density at radius 2 is 1.92 bits per heavy atom. The van der Waals surface area contributed by atoms with Crippen molar-refractivity contribution in [3.63, 3.8) is 0 Å². The van der Waals surface area contributed by atoms with Crippen LogP contribution >= 0.6 is 11.3 Å². The molecule has 3 aromatic rings. The number of hydrogen-bond donors (Lipinski definition) is 1. The van der Waals surface area contributed by atoms with Crippen LogP contribution in [0.5, 0.6) is 0 Å². The molecule has 1 aliphatic carbocycles. The quantitative estimate of drug-likeness (QED) is 0.777. The lowest BCUT2D eigenvalue weighted by molar-refractivity contribution is 0.580. The third-order valence-corrected chi connectivity index (χ3v) is 6.88. The van der Waals surface area contributed by atoms with E-state index < -0.39 is 10.0 Å². The van der Waals surface area contributed by atoms with Gasteiger partial charge in [-0.2, -0.15) is 0 Å². The first kappa shape index (κ1) is 15.6. The largest absolute Gasteiger partial charge is 0.307 e. The highest BCUT2D eigenvalue weighted by atomic mass is 32.2. The van der Waals surface area contributed by atoms with E-state index in [0.717, 1.165) is 28.8 Å². The van der Waals surface area contributed by atoms with E-state index in [0.29, 0.717) is 4.70 Å². The minimum Gasteiger partial charge on any atom is -0.302 e. The molecule has 1 fully saturated rings. The van der Waals surface area contributed by atoms with E-state index in [1.54, 1.807) is 25.2 Å². The molecule has 0 bridgehead atoms. The first-order valence-electron chi connectivity index (χ1n) is 7.62. The van der Waals surface area contributed by atoms with Crippen LogP contribution in [0.25, 0.3) is 10.2 Å². The lowest BCUT2D eigenvalue weighted by Gasteiger charge is -2.07. The SMILES string of the molecule is Cn1c(=O)sc2cc(S(=O)(=O)NC3CC3c3ccccc3)ccc21. The maximum atomic E-state index is 12.6. The minimum atomic E-state index is -3.59. The molecule has 2 aromatic carbocycles. The van der Waals surface area contributed by atoms with Crippen LogP contribution < -0.4 is 9.60 Å². The number of hydrogen-bond acceptors (Lipinski definition) is 4. The molecule has 0 spiro atoms. The van der Waals surface area contributed by atoms with Crippen molar-refractivity contribution in [2.24, 2.45) is 7.05 Å². The Morgan fingerprint density at radius 3 is 2.67 bits per heavy atom. The molecule has 0 saturated heterocycles. The second-order valence-corrected chi connectivity index (χ2v) is 8.74. The molecule has 1 saturated carbocycles. The van der Waals surface area contributed by atoms with Crippen LogP contribution in [0.1, 0.15) is 17.9 Å². The Hall–Kier alpha value is -1.96. The first-order chi connectivity index (χ1) is 11.5. The highest BCUT2D eigenvalue weighted by molar-refractivity contribution is 7.89. The van der Waals surface area contributed by atoms with Crippen molar-refractivity contribution < 1.29 is 8.42 Å². The molecule has 4 rings (SSSR count). The Bertz CT molecular complexity index is 1070. The van der Waals surface area contributed by atoms with E-state index in [2.05, 4.69) is 4.72 Å². The van der Waals surface area contributed by atoms with Gasteiger partial charge in [0.2, 0.25) is 10.0 Å². The zero-order valence-corrected chi connectivity index (χ0v) is 14.6. The normalized spacial score (nSPS) is 20.4. The molecule has 1 aliphatic rings. The average molecular weight is 360 g/mol. The first-order valence-corrected chi connectivity index (χ1v) is 9.92. The third-order valence-electron chi connectivity index (χ3n) is 4.40. The molecule has 24 heavy (non-hydrogen) atoms. The van der Waals surface area contributed by atoms with Crippen molar-refractivity contribution in [3.8, 4) is 0 Å². The Morgan fingerprint density at radius 1 is 1.17 bits per heavy atom. The average Bonchev–Trinajstić information content (AvgIpc) is 3.26. The fourth-order valence-electron chi connectivity index (χ4n) is 2.94. The molecule has 0 radical (unpaired) electrons. The molecule has 1 N–H and O–H groups in total. The summed E-state index contributed by atoms with van der Waals surface area (Å²) in [6, 6.07) is 14.7. The summed E-state index contributed by atoms with van der Waals surface area (Å²) in [7, 11) is -1.90. The maximum absolute atomic E-state index is 12.6. The standard InChI is InChI=1S/C17H16N2O3S2/c1-19-15-8-7-12(9-16(15)23-17(19)20)24(21,22)18-14-10-13(14)11-5-3-2-4-6-11/h2-9,13-14,18H,10H2,1H3. The van der Waals surface area contributed by atoms with Gasteiger partial charge in [0.1, 0.15) is 0 Å². The van der Waals surface area contributed by atoms with Gasteiger partial charge in [-0.3, -0.25) is 4.79 Å². The van der Waals surface area contributed by atoms with Crippen molar-refractivity contribution in [2.75, 3.05) is 0 Å². The number of thiazole rings is 1. The van der Waals surface area contributed by atoms with E-state index >= 15 is 0 Å². The second kappa shape index (κ2) is 5.54. The van der Waals surface area contributed by atoms with Crippen LogP contribution in [-0.4, -0.2) is 19.0 Å². The topological polar surface area (TPSA) is 68.2 Å². The predicted molar refractivity (Wildman–Crippen MR) is 95.0 cm³/mol. The van der Waals surface area contributed by atoms with Crippen LogP contribution in [0.4, 0.5) is 0 Å². The highest BCUT2D eigenvalue weighted by Gasteiger charge is 2.41. The predicted octanol–water partition coefficient (Wildman–Crippen LogP) is 2.43. The summed E-state index contributed by atoms with van der Waals surface area (Å²) in [5.41, 5.74) is 1.90. The molecule has 0 aliphatic heterocycles. The molecule has 2 atom stereocenters. The summed E-state index contributed by atoms with van der Waals surface area (Å²) in [6.45, 7) is 0. The molecule has 2 unspecified atom stereocenters. The van der Waals surface area contributed by atoms with Crippen LogP contribution in [0, 0.1) is 0 Å². The van der Waals surface area contributed by atoms with Crippen LogP contribution in [0.2, 0.25) is 0 Å². The Balaban J connectivity index is 1.59. The molecule has 1 heterocycles. The number of nitrogens with zero attached hydrogens (tertiary/aromatic N) is 1. The summed E-state index contributed by atoms with van der Waals surface area (Å²) in [5, 5.41) is 0. The minimum absolute atomic E-state index is 0.0670. The van der Waals surface area contributed by atoms with E-state index in [4.69, 9.17) is 0 Å². The van der Waals surface area contributed by atoms with Crippen molar-refractivity contribution in [1.82, 2.24) is 9.29 Å². The third kappa shape index (κ3) is 2.68.